The van der Waals surface area contributed by atoms with E-state index in [0.29, 0.717) is 16.4 Å². The van der Waals surface area contributed by atoms with E-state index in [-0.39, 0.29) is 0 Å². The Balaban J connectivity index is 2.01. The first kappa shape index (κ1) is 16.2. The Morgan fingerprint density at radius 3 is 2.64 bits per heavy atom. The summed E-state index contributed by atoms with van der Waals surface area (Å²) in [7, 11) is 1.58. The zero-order valence-electron chi connectivity index (χ0n) is 12.2. The number of nitrogens with one attached hydrogen (secondary N) is 2. The minimum atomic E-state index is -0.607. The third kappa shape index (κ3) is 4.14. The summed E-state index contributed by atoms with van der Waals surface area (Å²) in [6.45, 7) is 1.75. The average Bonchev–Trinajstić information content (AvgIpc) is 2.47. The van der Waals surface area contributed by atoms with E-state index in [2.05, 4.69) is 10.6 Å². The van der Waals surface area contributed by atoms with Crippen LogP contribution in [0.1, 0.15) is 18.5 Å². The van der Waals surface area contributed by atoms with Crippen LogP contribution in [0.5, 0.6) is 5.75 Å². The standard InChI is InChI=1S/C16H16F2N2OS/c1-10(14-7-6-11(17)8-15(14)18)19-16(22)20-12-4-3-5-13(9-12)21-2/h3-10H,1-2H3,(H2,19,20,22)/t10-/m1/s1. The predicted octanol–water partition coefficient (Wildman–Crippen LogP) is 4.02. The van der Waals surface area contributed by atoms with Gasteiger partial charge in [0.2, 0.25) is 0 Å². The molecule has 3 nitrogen and oxygen atoms in total. The maximum atomic E-state index is 13.7. The number of halogens is 2. The van der Waals surface area contributed by atoms with Crippen molar-refractivity contribution in [3.63, 3.8) is 0 Å². The van der Waals surface area contributed by atoms with Crippen LogP contribution in [0.25, 0.3) is 0 Å². The Kier molecular flexibility index (Phi) is 5.27. The predicted molar refractivity (Wildman–Crippen MR) is 87.1 cm³/mol. The van der Waals surface area contributed by atoms with Crippen molar-refractivity contribution < 1.29 is 13.5 Å². The van der Waals surface area contributed by atoms with Gasteiger partial charge >= 0.3 is 0 Å². The van der Waals surface area contributed by atoms with Gasteiger partial charge in [-0.25, -0.2) is 8.78 Å². The first-order valence-corrected chi connectivity index (χ1v) is 7.07. The third-order valence-electron chi connectivity index (χ3n) is 3.10. The fraction of sp³-hybridized carbons (Fsp3) is 0.188. The summed E-state index contributed by atoms with van der Waals surface area (Å²) in [5, 5.41) is 6.29. The van der Waals surface area contributed by atoms with Gasteiger partial charge < -0.3 is 15.4 Å². The molecule has 6 heteroatoms. The number of hydrogen-bond donors (Lipinski definition) is 2. The van der Waals surface area contributed by atoms with Crippen molar-refractivity contribution in [1.82, 2.24) is 5.32 Å². The van der Waals surface area contributed by atoms with E-state index in [0.717, 1.165) is 11.8 Å². The smallest absolute Gasteiger partial charge is 0.171 e. The fourth-order valence-electron chi connectivity index (χ4n) is 2.00. The summed E-state index contributed by atoms with van der Waals surface area (Å²) in [5.41, 5.74) is 1.10. The van der Waals surface area contributed by atoms with Gasteiger partial charge in [0.25, 0.3) is 0 Å². The number of benzene rings is 2. The van der Waals surface area contributed by atoms with Gasteiger partial charge in [-0.3, -0.25) is 0 Å². The normalized spacial score (nSPS) is 11.6. The molecule has 0 radical (unpaired) electrons. The summed E-state index contributed by atoms with van der Waals surface area (Å²) in [4.78, 5) is 0. The van der Waals surface area contributed by atoms with E-state index in [1.807, 2.05) is 18.2 Å². The number of ether oxygens (including phenoxy) is 1. The van der Waals surface area contributed by atoms with E-state index in [4.69, 9.17) is 17.0 Å². The van der Waals surface area contributed by atoms with E-state index < -0.39 is 17.7 Å². The molecule has 0 aliphatic carbocycles. The summed E-state index contributed by atoms with van der Waals surface area (Å²) in [6.07, 6.45) is 0. The van der Waals surface area contributed by atoms with E-state index in [9.17, 15) is 8.78 Å². The molecule has 0 unspecified atom stereocenters. The fourth-order valence-corrected chi connectivity index (χ4v) is 2.29. The maximum absolute atomic E-state index is 13.7. The molecule has 0 aliphatic rings. The molecule has 0 heterocycles. The zero-order chi connectivity index (χ0) is 16.1. The molecule has 0 aromatic heterocycles. The van der Waals surface area contributed by atoms with Gasteiger partial charge in [0.05, 0.1) is 13.2 Å². The molecule has 0 spiro atoms. The SMILES string of the molecule is COc1cccc(NC(=S)N[C@H](C)c2ccc(F)cc2F)c1. The molecule has 0 saturated carbocycles. The number of hydrogen-bond acceptors (Lipinski definition) is 2. The highest BCUT2D eigenvalue weighted by molar-refractivity contribution is 7.80. The first-order valence-electron chi connectivity index (χ1n) is 6.66. The van der Waals surface area contributed by atoms with Crippen LogP contribution in [0.2, 0.25) is 0 Å². The van der Waals surface area contributed by atoms with E-state index in [1.54, 1.807) is 20.1 Å². The summed E-state index contributed by atoms with van der Waals surface area (Å²) in [6, 6.07) is 10.3. The Labute approximate surface area is 133 Å². The lowest BCUT2D eigenvalue weighted by molar-refractivity contribution is 0.415. The monoisotopic (exact) mass is 322 g/mol. The molecular weight excluding hydrogens is 306 g/mol. The van der Waals surface area contributed by atoms with Crippen molar-refractivity contribution in [2.75, 3.05) is 12.4 Å². The second kappa shape index (κ2) is 7.17. The Morgan fingerprint density at radius 1 is 1.18 bits per heavy atom. The highest BCUT2D eigenvalue weighted by Crippen LogP contribution is 2.19. The quantitative estimate of drug-likeness (QED) is 0.833. The highest BCUT2D eigenvalue weighted by Gasteiger charge is 2.12. The van der Waals surface area contributed by atoms with E-state index in [1.165, 1.54) is 12.1 Å². The molecule has 0 saturated heterocycles. The molecule has 116 valence electrons. The molecule has 0 bridgehead atoms. The Bertz CT molecular complexity index is 679. The third-order valence-corrected chi connectivity index (χ3v) is 3.32. The van der Waals surface area contributed by atoms with Crippen molar-refractivity contribution in [1.29, 1.82) is 0 Å². The van der Waals surface area contributed by atoms with Gasteiger partial charge in [0.15, 0.2) is 5.11 Å². The van der Waals surface area contributed by atoms with Crippen LogP contribution in [0.4, 0.5) is 14.5 Å². The number of anilines is 1. The molecular formula is C16H16F2N2OS. The van der Waals surface area contributed by atoms with Gasteiger partial charge in [-0.2, -0.15) is 0 Å². The molecule has 1 atom stereocenters. The lowest BCUT2D eigenvalue weighted by Gasteiger charge is -2.18. The van der Waals surface area contributed by atoms with Crippen LogP contribution in [0, 0.1) is 11.6 Å². The summed E-state index contributed by atoms with van der Waals surface area (Å²) in [5.74, 6) is -0.514. The van der Waals surface area contributed by atoms with Crippen LogP contribution in [-0.4, -0.2) is 12.2 Å². The van der Waals surface area contributed by atoms with Crippen molar-refractivity contribution >= 4 is 23.0 Å². The van der Waals surface area contributed by atoms with Crippen molar-refractivity contribution in [3.05, 3.63) is 59.7 Å². The van der Waals surface area contributed by atoms with Crippen LogP contribution in [-0.2, 0) is 0 Å². The topological polar surface area (TPSA) is 33.3 Å². The largest absolute Gasteiger partial charge is 0.497 e. The Hall–Kier alpha value is -2.21. The van der Waals surface area contributed by atoms with Gasteiger partial charge in [0.1, 0.15) is 17.4 Å². The van der Waals surface area contributed by atoms with Crippen molar-refractivity contribution in [2.24, 2.45) is 0 Å². The van der Waals surface area contributed by atoms with Gasteiger partial charge in [-0.15, -0.1) is 0 Å². The zero-order valence-corrected chi connectivity index (χ0v) is 13.0. The van der Waals surface area contributed by atoms with Gasteiger partial charge in [-0.05, 0) is 37.3 Å². The maximum Gasteiger partial charge on any atom is 0.171 e. The van der Waals surface area contributed by atoms with Crippen LogP contribution in [0.3, 0.4) is 0 Å². The Morgan fingerprint density at radius 2 is 1.95 bits per heavy atom. The average molecular weight is 322 g/mol. The second-order valence-electron chi connectivity index (χ2n) is 4.72. The van der Waals surface area contributed by atoms with E-state index >= 15 is 0 Å². The minimum absolute atomic E-state index is 0.337. The lowest BCUT2D eigenvalue weighted by Crippen LogP contribution is -2.31. The van der Waals surface area contributed by atoms with Gasteiger partial charge in [0, 0.05) is 23.4 Å². The summed E-state index contributed by atoms with van der Waals surface area (Å²) >= 11 is 5.20. The molecule has 2 aromatic rings. The molecule has 22 heavy (non-hydrogen) atoms. The van der Waals surface area contributed by atoms with Crippen LogP contribution < -0.4 is 15.4 Å². The van der Waals surface area contributed by atoms with Crippen LogP contribution >= 0.6 is 12.2 Å². The molecule has 2 N–H and O–H groups in total. The molecule has 0 amide bonds. The van der Waals surface area contributed by atoms with Crippen molar-refractivity contribution in [2.45, 2.75) is 13.0 Å². The molecule has 2 rings (SSSR count). The summed E-state index contributed by atoms with van der Waals surface area (Å²) < 4.78 is 31.8. The van der Waals surface area contributed by atoms with Gasteiger partial charge in [-0.1, -0.05) is 12.1 Å². The number of thiocarbonyl (C=S) groups is 1. The lowest BCUT2D eigenvalue weighted by atomic mass is 10.1. The first-order chi connectivity index (χ1) is 10.5. The van der Waals surface area contributed by atoms with Crippen molar-refractivity contribution in [3.8, 4) is 5.75 Å². The minimum Gasteiger partial charge on any atom is -0.497 e. The molecule has 0 fully saturated rings. The van der Waals surface area contributed by atoms with Crippen LogP contribution in [0.15, 0.2) is 42.5 Å². The highest BCUT2D eigenvalue weighted by atomic mass is 32.1. The second-order valence-corrected chi connectivity index (χ2v) is 5.13. The number of rotatable bonds is 4. The number of methoxy groups -OCH3 is 1. The molecule has 0 aliphatic heterocycles. The molecule has 2 aromatic carbocycles.